The molecule has 1 saturated carbocycles. The van der Waals surface area contributed by atoms with Crippen LogP contribution in [0.25, 0.3) is 0 Å². The molecule has 0 aromatic carbocycles. The third-order valence-corrected chi connectivity index (χ3v) is 3.77. The first kappa shape index (κ1) is 15.9. The summed E-state index contributed by atoms with van der Waals surface area (Å²) in [5.74, 6) is -1.31. The SMILES string of the molecule is CC(O)(CO)CNC(=O)CC1(C(=O)O)CCCCC1. The summed E-state index contributed by atoms with van der Waals surface area (Å²) in [5, 5.41) is 30.3. The van der Waals surface area contributed by atoms with E-state index in [-0.39, 0.29) is 13.0 Å². The first-order chi connectivity index (χ1) is 8.81. The van der Waals surface area contributed by atoms with E-state index < -0.39 is 29.5 Å². The van der Waals surface area contributed by atoms with Crippen LogP contribution >= 0.6 is 0 Å². The molecule has 1 rings (SSSR count). The first-order valence-corrected chi connectivity index (χ1v) is 6.65. The van der Waals surface area contributed by atoms with E-state index in [1.54, 1.807) is 0 Å². The number of hydrogen-bond acceptors (Lipinski definition) is 4. The summed E-state index contributed by atoms with van der Waals surface area (Å²) in [6.07, 6.45) is 3.64. The molecule has 1 fully saturated rings. The lowest BCUT2D eigenvalue weighted by molar-refractivity contribution is -0.154. The van der Waals surface area contributed by atoms with Crippen molar-refractivity contribution in [2.45, 2.75) is 51.0 Å². The van der Waals surface area contributed by atoms with Crippen molar-refractivity contribution in [2.75, 3.05) is 13.2 Å². The highest BCUT2D eigenvalue weighted by molar-refractivity contribution is 5.85. The topological polar surface area (TPSA) is 107 Å². The Labute approximate surface area is 112 Å². The Hall–Kier alpha value is -1.14. The quantitative estimate of drug-likeness (QED) is 0.556. The number of hydrogen-bond donors (Lipinski definition) is 4. The van der Waals surface area contributed by atoms with Gasteiger partial charge in [0.05, 0.1) is 12.0 Å². The molecule has 1 aliphatic rings. The van der Waals surface area contributed by atoms with Gasteiger partial charge in [-0.2, -0.15) is 0 Å². The molecule has 1 amide bonds. The molecule has 0 aromatic rings. The Balaban J connectivity index is 2.55. The predicted octanol–water partition coefficient (Wildman–Crippen LogP) is 0.271. The zero-order valence-corrected chi connectivity index (χ0v) is 11.3. The number of carbonyl (C=O) groups is 2. The molecule has 1 atom stereocenters. The van der Waals surface area contributed by atoms with E-state index >= 15 is 0 Å². The fraction of sp³-hybridized carbons (Fsp3) is 0.846. The van der Waals surface area contributed by atoms with Crippen LogP contribution in [0.1, 0.15) is 45.4 Å². The zero-order valence-electron chi connectivity index (χ0n) is 11.3. The van der Waals surface area contributed by atoms with Gasteiger partial charge in [-0.15, -0.1) is 0 Å². The van der Waals surface area contributed by atoms with Gasteiger partial charge >= 0.3 is 5.97 Å². The Morgan fingerprint density at radius 1 is 1.26 bits per heavy atom. The Morgan fingerprint density at radius 2 is 1.84 bits per heavy atom. The summed E-state index contributed by atoms with van der Waals surface area (Å²) < 4.78 is 0. The largest absolute Gasteiger partial charge is 0.481 e. The summed E-state index contributed by atoms with van der Waals surface area (Å²) in [4.78, 5) is 23.2. The summed E-state index contributed by atoms with van der Waals surface area (Å²) in [6.45, 7) is 0.857. The molecule has 0 spiro atoms. The molecular weight excluding hydrogens is 250 g/mol. The molecule has 19 heavy (non-hydrogen) atoms. The van der Waals surface area contributed by atoms with Crippen molar-refractivity contribution in [1.29, 1.82) is 0 Å². The fourth-order valence-electron chi connectivity index (χ4n) is 2.41. The van der Waals surface area contributed by atoms with Gasteiger partial charge in [-0.05, 0) is 19.8 Å². The van der Waals surface area contributed by atoms with Crippen molar-refractivity contribution in [2.24, 2.45) is 5.41 Å². The highest BCUT2D eigenvalue weighted by atomic mass is 16.4. The van der Waals surface area contributed by atoms with Crippen LogP contribution in [-0.4, -0.2) is 45.9 Å². The van der Waals surface area contributed by atoms with Gasteiger partial charge in [-0.25, -0.2) is 0 Å². The van der Waals surface area contributed by atoms with E-state index in [2.05, 4.69) is 5.32 Å². The Kier molecular flexibility index (Phi) is 5.31. The number of carboxylic acid groups (broad SMARTS) is 1. The lowest BCUT2D eigenvalue weighted by Crippen LogP contribution is -2.45. The highest BCUT2D eigenvalue weighted by Crippen LogP contribution is 2.39. The van der Waals surface area contributed by atoms with Crippen molar-refractivity contribution in [1.82, 2.24) is 5.32 Å². The lowest BCUT2D eigenvalue weighted by atomic mass is 9.71. The summed E-state index contributed by atoms with van der Waals surface area (Å²) in [5.41, 5.74) is -2.34. The van der Waals surface area contributed by atoms with Gasteiger partial charge in [-0.3, -0.25) is 9.59 Å². The number of rotatable bonds is 6. The van der Waals surface area contributed by atoms with Crippen LogP contribution in [0.5, 0.6) is 0 Å². The second kappa shape index (κ2) is 6.34. The number of aliphatic hydroxyl groups is 2. The maximum Gasteiger partial charge on any atom is 0.310 e. The van der Waals surface area contributed by atoms with E-state index in [0.717, 1.165) is 19.3 Å². The molecule has 110 valence electrons. The number of amides is 1. The number of nitrogens with one attached hydrogen (secondary N) is 1. The van der Waals surface area contributed by atoms with Crippen LogP contribution in [0.3, 0.4) is 0 Å². The monoisotopic (exact) mass is 273 g/mol. The predicted molar refractivity (Wildman–Crippen MR) is 68.5 cm³/mol. The third kappa shape index (κ3) is 4.47. The molecule has 6 nitrogen and oxygen atoms in total. The van der Waals surface area contributed by atoms with Gasteiger partial charge in [0, 0.05) is 13.0 Å². The minimum Gasteiger partial charge on any atom is -0.481 e. The average molecular weight is 273 g/mol. The van der Waals surface area contributed by atoms with Gasteiger partial charge < -0.3 is 20.6 Å². The molecule has 0 aliphatic heterocycles. The van der Waals surface area contributed by atoms with Gasteiger partial charge in [0.1, 0.15) is 5.60 Å². The van der Waals surface area contributed by atoms with E-state index in [1.165, 1.54) is 6.92 Å². The molecule has 4 N–H and O–H groups in total. The van der Waals surface area contributed by atoms with Gasteiger partial charge in [-0.1, -0.05) is 19.3 Å². The van der Waals surface area contributed by atoms with Crippen LogP contribution in [0.2, 0.25) is 0 Å². The lowest BCUT2D eigenvalue weighted by Gasteiger charge is -2.32. The van der Waals surface area contributed by atoms with E-state index in [1.807, 2.05) is 0 Å². The van der Waals surface area contributed by atoms with Gasteiger partial charge in [0.2, 0.25) is 5.91 Å². The second-order valence-corrected chi connectivity index (χ2v) is 5.75. The summed E-state index contributed by atoms with van der Waals surface area (Å²) >= 11 is 0. The smallest absolute Gasteiger partial charge is 0.310 e. The second-order valence-electron chi connectivity index (χ2n) is 5.75. The molecule has 0 heterocycles. The van der Waals surface area contributed by atoms with E-state index in [9.17, 15) is 19.8 Å². The summed E-state index contributed by atoms with van der Waals surface area (Å²) in [7, 11) is 0. The third-order valence-electron chi connectivity index (χ3n) is 3.77. The zero-order chi connectivity index (χ0) is 14.5. The fourth-order valence-corrected chi connectivity index (χ4v) is 2.41. The minimum atomic E-state index is -1.38. The number of aliphatic carboxylic acids is 1. The van der Waals surface area contributed by atoms with Crippen LogP contribution in [0.15, 0.2) is 0 Å². The van der Waals surface area contributed by atoms with Crippen molar-refractivity contribution in [3.63, 3.8) is 0 Å². The molecule has 0 saturated heterocycles. The molecule has 1 aliphatic carbocycles. The molecule has 1 unspecified atom stereocenters. The van der Waals surface area contributed by atoms with Crippen molar-refractivity contribution < 1.29 is 24.9 Å². The van der Waals surface area contributed by atoms with Crippen molar-refractivity contribution in [3.05, 3.63) is 0 Å². The van der Waals surface area contributed by atoms with Gasteiger partial charge in [0.15, 0.2) is 0 Å². The molecule has 6 heteroatoms. The highest BCUT2D eigenvalue weighted by Gasteiger charge is 2.41. The van der Waals surface area contributed by atoms with Crippen molar-refractivity contribution >= 4 is 11.9 Å². The van der Waals surface area contributed by atoms with Crippen LogP contribution in [-0.2, 0) is 9.59 Å². The Bertz CT molecular complexity index is 334. The number of carboxylic acids is 1. The van der Waals surface area contributed by atoms with Crippen LogP contribution in [0, 0.1) is 5.41 Å². The standard InChI is InChI=1S/C13H23NO5/c1-12(19,9-15)8-14-10(16)7-13(11(17)18)5-3-2-4-6-13/h15,19H,2-9H2,1H3,(H,14,16)(H,17,18). The van der Waals surface area contributed by atoms with E-state index in [0.29, 0.717) is 12.8 Å². The molecular formula is C13H23NO5. The summed E-state index contributed by atoms with van der Waals surface area (Å²) in [6, 6.07) is 0. The van der Waals surface area contributed by atoms with Gasteiger partial charge in [0.25, 0.3) is 0 Å². The van der Waals surface area contributed by atoms with Crippen LogP contribution in [0.4, 0.5) is 0 Å². The number of carbonyl (C=O) groups excluding carboxylic acids is 1. The minimum absolute atomic E-state index is 0.0656. The van der Waals surface area contributed by atoms with Crippen molar-refractivity contribution in [3.8, 4) is 0 Å². The van der Waals surface area contributed by atoms with E-state index in [4.69, 9.17) is 5.11 Å². The first-order valence-electron chi connectivity index (χ1n) is 6.65. The Morgan fingerprint density at radius 3 is 2.32 bits per heavy atom. The molecule has 0 aromatic heterocycles. The number of aliphatic hydroxyl groups excluding tert-OH is 1. The normalized spacial score (nSPS) is 21.4. The molecule has 0 radical (unpaired) electrons. The maximum atomic E-state index is 11.8. The maximum absolute atomic E-state index is 11.8. The van der Waals surface area contributed by atoms with Crippen LogP contribution < -0.4 is 5.32 Å². The molecule has 0 bridgehead atoms. The average Bonchev–Trinajstić information content (AvgIpc) is 2.37.